The van der Waals surface area contributed by atoms with E-state index >= 15 is 0 Å². The monoisotopic (exact) mass is 455 g/mol. The van der Waals surface area contributed by atoms with E-state index in [0.29, 0.717) is 6.42 Å². The molecule has 0 saturated heterocycles. The van der Waals surface area contributed by atoms with Crippen LogP contribution >= 0.6 is 11.3 Å². The first-order valence-electron chi connectivity index (χ1n) is 10.1. The smallest absolute Gasteiger partial charge is 0.407 e. The molecule has 0 bridgehead atoms. The second kappa shape index (κ2) is 12.4. The van der Waals surface area contributed by atoms with Crippen molar-refractivity contribution in [3.05, 3.63) is 88.4 Å². The lowest BCUT2D eigenvalue weighted by molar-refractivity contribution is 0.0951. The molecule has 9 heteroatoms. The third-order valence-corrected chi connectivity index (χ3v) is 5.32. The van der Waals surface area contributed by atoms with Crippen LogP contribution in [-0.2, 0) is 29.1 Å². The highest BCUT2D eigenvalue weighted by Crippen LogP contribution is 2.09. The summed E-state index contributed by atoms with van der Waals surface area (Å²) in [5.74, 6) is 0. The fourth-order valence-corrected chi connectivity index (χ4v) is 3.40. The highest BCUT2D eigenvalue weighted by Gasteiger charge is 2.23. The van der Waals surface area contributed by atoms with Crippen LogP contribution in [0.15, 0.2) is 72.4 Å². The summed E-state index contributed by atoms with van der Waals surface area (Å²) in [5.41, 5.74) is 3.43. The van der Waals surface area contributed by atoms with Gasteiger partial charge in [0, 0.05) is 12.7 Å². The Morgan fingerprint density at radius 1 is 0.938 bits per heavy atom. The van der Waals surface area contributed by atoms with E-state index in [1.807, 2.05) is 60.7 Å². The number of nitrogens with one attached hydrogen (secondary N) is 2. The van der Waals surface area contributed by atoms with E-state index in [2.05, 4.69) is 15.6 Å². The van der Waals surface area contributed by atoms with Gasteiger partial charge >= 0.3 is 12.2 Å². The summed E-state index contributed by atoms with van der Waals surface area (Å²) in [5, 5.41) is 15.9. The van der Waals surface area contributed by atoms with E-state index in [9.17, 15) is 14.7 Å². The summed E-state index contributed by atoms with van der Waals surface area (Å²) >= 11 is 1.38. The molecule has 0 saturated carbocycles. The van der Waals surface area contributed by atoms with Gasteiger partial charge in [0.15, 0.2) is 0 Å². The molecule has 3 rings (SSSR count). The molecule has 0 aliphatic rings. The van der Waals surface area contributed by atoms with Gasteiger partial charge in [-0.3, -0.25) is 4.98 Å². The number of ether oxygens (including phenoxy) is 2. The summed E-state index contributed by atoms with van der Waals surface area (Å²) in [4.78, 5) is 29.0. The quantitative estimate of drug-likeness (QED) is 0.433. The van der Waals surface area contributed by atoms with E-state index in [0.717, 1.165) is 16.0 Å². The second-order valence-corrected chi connectivity index (χ2v) is 7.97. The number of amides is 2. The molecule has 0 fully saturated rings. The fraction of sp³-hybridized carbons (Fsp3) is 0.261. The Morgan fingerprint density at radius 2 is 1.59 bits per heavy atom. The van der Waals surface area contributed by atoms with Crippen LogP contribution in [-0.4, -0.2) is 41.0 Å². The molecule has 2 unspecified atom stereocenters. The van der Waals surface area contributed by atoms with Gasteiger partial charge in [-0.05, 0) is 17.5 Å². The van der Waals surface area contributed by atoms with Crippen LogP contribution in [0.3, 0.4) is 0 Å². The minimum absolute atomic E-state index is 0.0920. The summed E-state index contributed by atoms with van der Waals surface area (Å²) in [6.45, 7) is 0.118. The molecule has 2 atom stereocenters. The number of aliphatic hydroxyl groups is 1. The molecule has 0 spiro atoms. The molecule has 3 aromatic rings. The topological polar surface area (TPSA) is 110 Å². The lowest BCUT2D eigenvalue weighted by atomic mass is 10.0. The predicted molar refractivity (Wildman–Crippen MR) is 120 cm³/mol. The molecule has 0 radical (unpaired) electrons. The van der Waals surface area contributed by atoms with Gasteiger partial charge in [-0.2, -0.15) is 0 Å². The first-order valence-corrected chi connectivity index (χ1v) is 11.0. The van der Waals surface area contributed by atoms with Crippen LogP contribution < -0.4 is 10.6 Å². The Balaban J connectivity index is 1.51. The number of alkyl carbamates (subject to hydrolysis) is 2. The summed E-state index contributed by atoms with van der Waals surface area (Å²) in [6, 6.07) is 18.0. The lowest BCUT2D eigenvalue weighted by Gasteiger charge is -2.24. The zero-order valence-corrected chi connectivity index (χ0v) is 18.2. The summed E-state index contributed by atoms with van der Waals surface area (Å²) < 4.78 is 10.4. The number of aliphatic hydroxyl groups excluding tert-OH is 1. The number of carbonyl (C=O) groups is 2. The molecular formula is C23H25N3O5S. The minimum atomic E-state index is -1.06. The molecule has 8 nitrogen and oxygen atoms in total. The molecule has 3 N–H and O–H groups in total. The van der Waals surface area contributed by atoms with Crippen LogP contribution in [0, 0.1) is 0 Å². The van der Waals surface area contributed by atoms with Crippen molar-refractivity contribution in [3.63, 3.8) is 0 Å². The number of nitrogens with zero attached hydrogens (tertiary/aromatic N) is 1. The Labute approximate surface area is 190 Å². The van der Waals surface area contributed by atoms with Crippen LogP contribution in [0.25, 0.3) is 0 Å². The predicted octanol–water partition coefficient (Wildman–Crippen LogP) is 3.27. The van der Waals surface area contributed by atoms with Gasteiger partial charge in [0.05, 0.1) is 22.5 Å². The first-order chi connectivity index (χ1) is 15.6. The number of benzene rings is 2. The number of carbonyl (C=O) groups excluding carboxylic acids is 2. The maximum absolute atomic E-state index is 12.3. The van der Waals surface area contributed by atoms with Crippen molar-refractivity contribution in [2.75, 3.05) is 6.54 Å². The van der Waals surface area contributed by atoms with Crippen molar-refractivity contribution >= 4 is 23.5 Å². The van der Waals surface area contributed by atoms with Gasteiger partial charge < -0.3 is 25.2 Å². The minimum Gasteiger partial charge on any atom is -0.445 e. The van der Waals surface area contributed by atoms with Crippen molar-refractivity contribution in [3.8, 4) is 0 Å². The normalized spacial score (nSPS) is 12.4. The largest absolute Gasteiger partial charge is 0.445 e. The standard InChI is InChI=1S/C23H25N3O5S/c27-21(13-25-22(28)30-14-18-9-5-2-6-10-18)20(11-17-7-3-1-4-8-17)26-23(29)31-15-19-12-24-16-32-19/h1-10,12,16,20-21,27H,11,13-15H2,(H,25,28)(H,26,29). The Bertz CT molecular complexity index is 954. The van der Waals surface area contributed by atoms with E-state index in [-0.39, 0.29) is 19.8 Å². The Hall–Kier alpha value is -3.43. The van der Waals surface area contributed by atoms with E-state index < -0.39 is 24.3 Å². The molecule has 1 heterocycles. The van der Waals surface area contributed by atoms with Crippen LogP contribution in [0.5, 0.6) is 0 Å². The zero-order chi connectivity index (χ0) is 22.6. The molecule has 0 aliphatic heterocycles. The van der Waals surface area contributed by atoms with Gasteiger partial charge in [-0.15, -0.1) is 11.3 Å². The van der Waals surface area contributed by atoms with Crippen molar-refractivity contribution < 1.29 is 24.2 Å². The van der Waals surface area contributed by atoms with Gasteiger partial charge in [0.1, 0.15) is 13.2 Å². The maximum atomic E-state index is 12.3. The number of thiazole rings is 1. The molecular weight excluding hydrogens is 430 g/mol. The van der Waals surface area contributed by atoms with Crippen LogP contribution in [0.1, 0.15) is 16.0 Å². The van der Waals surface area contributed by atoms with Gasteiger partial charge in [0.25, 0.3) is 0 Å². The lowest BCUT2D eigenvalue weighted by Crippen LogP contribution is -2.49. The molecule has 0 aliphatic carbocycles. The van der Waals surface area contributed by atoms with Crippen LogP contribution in [0.4, 0.5) is 9.59 Å². The van der Waals surface area contributed by atoms with Crippen molar-refractivity contribution in [1.29, 1.82) is 0 Å². The van der Waals surface area contributed by atoms with Gasteiger partial charge in [-0.25, -0.2) is 9.59 Å². The first kappa shape index (κ1) is 23.2. The maximum Gasteiger partial charge on any atom is 0.407 e. The average Bonchev–Trinajstić information content (AvgIpc) is 3.34. The fourth-order valence-electron chi connectivity index (χ4n) is 2.90. The second-order valence-electron chi connectivity index (χ2n) is 6.99. The molecule has 2 aromatic carbocycles. The Morgan fingerprint density at radius 3 is 2.25 bits per heavy atom. The number of hydrogen-bond donors (Lipinski definition) is 3. The number of rotatable bonds is 10. The van der Waals surface area contributed by atoms with E-state index in [1.54, 1.807) is 11.7 Å². The summed E-state index contributed by atoms with van der Waals surface area (Å²) in [7, 11) is 0. The van der Waals surface area contributed by atoms with E-state index in [4.69, 9.17) is 9.47 Å². The van der Waals surface area contributed by atoms with Crippen molar-refractivity contribution in [1.82, 2.24) is 15.6 Å². The van der Waals surface area contributed by atoms with Crippen LogP contribution in [0.2, 0.25) is 0 Å². The number of aromatic nitrogens is 1. The highest BCUT2D eigenvalue weighted by atomic mass is 32.1. The van der Waals surface area contributed by atoms with Crippen molar-refractivity contribution in [2.45, 2.75) is 31.8 Å². The van der Waals surface area contributed by atoms with E-state index in [1.165, 1.54) is 11.3 Å². The third kappa shape index (κ3) is 8.01. The zero-order valence-electron chi connectivity index (χ0n) is 17.3. The highest BCUT2D eigenvalue weighted by molar-refractivity contribution is 7.09. The number of hydrogen-bond acceptors (Lipinski definition) is 7. The van der Waals surface area contributed by atoms with Gasteiger partial charge in [-0.1, -0.05) is 60.7 Å². The molecule has 1 aromatic heterocycles. The van der Waals surface area contributed by atoms with Gasteiger partial charge in [0.2, 0.25) is 0 Å². The SMILES string of the molecule is O=C(NCC(O)C(Cc1ccccc1)NC(=O)OCc1cncs1)OCc1ccccc1. The molecule has 2 amide bonds. The third-order valence-electron chi connectivity index (χ3n) is 4.56. The molecule has 32 heavy (non-hydrogen) atoms. The molecule has 168 valence electrons. The average molecular weight is 456 g/mol. The van der Waals surface area contributed by atoms with Crippen molar-refractivity contribution in [2.24, 2.45) is 0 Å². The summed E-state index contributed by atoms with van der Waals surface area (Å²) in [6.07, 6.45) is -0.392. The Kier molecular flexibility index (Phi) is 9.03.